The van der Waals surface area contributed by atoms with Gasteiger partial charge >= 0.3 is 0 Å². The molecule has 26 heavy (non-hydrogen) atoms. The lowest BCUT2D eigenvalue weighted by atomic mass is 9.82. The minimum atomic E-state index is -0.568. The number of nitrogens with one attached hydrogen (secondary N) is 2. The Kier molecular flexibility index (Phi) is 4.41. The van der Waals surface area contributed by atoms with Gasteiger partial charge in [-0.15, -0.1) is 0 Å². The van der Waals surface area contributed by atoms with E-state index in [1.54, 1.807) is 0 Å². The molecule has 0 saturated carbocycles. The largest absolute Gasteiger partial charge is 0.511 e. The van der Waals surface area contributed by atoms with E-state index in [1.165, 1.54) is 12.8 Å². The lowest BCUT2D eigenvalue weighted by Crippen LogP contribution is -2.49. The normalized spacial score (nSPS) is 25.1. The van der Waals surface area contributed by atoms with Crippen LogP contribution < -0.4 is 15.5 Å². The van der Waals surface area contributed by atoms with Gasteiger partial charge in [-0.05, 0) is 49.9 Å². The molecule has 2 aliphatic heterocycles. The molecule has 0 spiro atoms. The van der Waals surface area contributed by atoms with E-state index in [0.29, 0.717) is 18.5 Å². The summed E-state index contributed by atoms with van der Waals surface area (Å²) in [4.78, 5) is 27.2. The van der Waals surface area contributed by atoms with Crippen molar-refractivity contribution in [2.24, 2.45) is 5.92 Å². The summed E-state index contributed by atoms with van der Waals surface area (Å²) in [6.45, 7) is 2.12. The molecule has 1 fully saturated rings. The Morgan fingerprint density at radius 2 is 1.81 bits per heavy atom. The van der Waals surface area contributed by atoms with E-state index < -0.39 is 11.8 Å². The van der Waals surface area contributed by atoms with Gasteiger partial charge in [0.2, 0.25) is 0 Å². The van der Waals surface area contributed by atoms with Crippen LogP contribution in [-0.2, 0) is 9.59 Å². The average molecular weight is 353 g/mol. The smallest absolute Gasteiger partial charge is 0.264 e. The van der Waals surface area contributed by atoms with Crippen LogP contribution in [0.25, 0.3) is 0 Å². The van der Waals surface area contributed by atoms with Crippen molar-refractivity contribution < 1.29 is 14.7 Å². The number of anilines is 2. The predicted octanol–water partition coefficient (Wildman–Crippen LogP) is 2.50. The number of hydrogen-bond donors (Lipinski definition) is 3. The number of fused-ring (bicyclic) bond motifs is 1. The van der Waals surface area contributed by atoms with Gasteiger partial charge < -0.3 is 20.6 Å². The summed E-state index contributed by atoms with van der Waals surface area (Å²) in [5.74, 6) is -1.41. The molecule has 0 bridgehead atoms. The first kappa shape index (κ1) is 16.7. The predicted molar refractivity (Wildman–Crippen MR) is 100.0 cm³/mol. The van der Waals surface area contributed by atoms with Crippen molar-refractivity contribution in [1.29, 1.82) is 0 Å². The molecule has 2 amide bonds. The molecular formula is C20H23N3O3. The second-order valence-electron chi connectivity index (χ2n) is 7.08. The van der Waals surface area contributed by atoms with Crippen LogP contribution in [0, 0.1) is 5.92 Å². The third-order valence-electron chi connectivity index (χ3n) is 5.41. The van der Waals surface area contributed by atoms with Crippen molar-refractivity contribution >= 4 is 23.2 Å². The highest BCUT2D eigenvalue weighted by molar-refractivity contribution is 6.23. The van der Waals surface area contributed by atoms with Gasteiger partial charge in [-0.1, -0.05) is 12.2 Å². The summed E-state index contributed by atoms with van der Waals surface area (Å²) in [5, 5.41) is 16.1. The minimum Gasteiger partial charge on any atom is -0.511 e. The van der Waals surface area contributed by atoms with Crippen molar-refractivity contribution in [3.8, 4) is 0 Å². The van der Waals surface area contributed by atoms with Gasteiger partial charge in [-0.2, -0.15) is 0 Å². The van der Waals surface area contributed by atoms with Gasteiger partial charge in [0.05, 0.1) is 0 Å². The van der Waals surface area contributed by atoms with Crippen molar-refractivity contribution in [1.82, 2.24) is 5.32 Å². The van der Waals surface area contributed by atoms with Crippen LogP contribution in [-0.4, -0.2) is 36.1 Å². The molecule has 2 unspecified atom stereocenters. The van der Waals surface area contributed by atoms with E-state index in [2.05, 4.69) is 15.5 Å². The summed E-state index contributed by atoms with van der Waals surface area (Å²) in [5.41, 5.74) is 1.57. The summed E-state index contributed by atoms with van der Waals surface area (Å²) in [6.07, 6.45) is 7.67. The zero-order valence-corrected chi connectivity index (χ0v) is 14.6. The molecule has 136 valence electrons. The molecule has 2 atom stereocenters. The Bertz CT molecular complexity index is 776. The SMILES string of the molecule is O=C(Nc1ccc(N2CCCC2)cc1)C1=C(O)C2CC=CCC2NC1=O. The first-order valence-electron chi connectivity index (χ1n) is 9.19. The van der Waals surface area contributed by atoms with Crippen LogP contribution in [0.5, 0.6) is 0 Å². The number of aliphatic hydroxyl groups excluding tert-OH is 1. The number of nitrogens with zero attached hydrogens (tertiary/aromatic N) is 1. The second-order valence-corrected chi connectivity index (χ2v) is 7.08. The number of carbonyl (C=O) groups is 2. The molecule has 0 aromatic heterocycles. The quantitative estimate of drug-likeness (QED) is 0.576. The van der Waals surface area contributed by atoms with Crippen LogP contribution >= 0.6 is 0 Å². The van der Waals surface area contributed by atoms with Gasteiger partial charge in [0.15, 0.2) is 0 Å². The molecule has 1 aliphatic carbocycles. The molecule has 1 aromatic carbocycles. The van der Waals surface area contributed by atoms with Crippen molar-refractivity contribution in [2.75, 3.05) is 23.3 Å². The molecule has 1 saturated heterocycles. The Morgan fingerprint density at radius 1 is 1.12 bits per heavy atom. The lowest BCUT2D eigenvalue weighted by Gasteiger charge is -2.33. The van der Waals surface area contributed by atoms with E-state index in [0.717, 1.165) is 18.8 Å². The van der Waals surface area contributed by atoms with Crippen molar-refractivity contribution in [2.45, 2.75) is 31.7 Å². The molecule has 0 radical (unpaired) electrons. The highest BCUT2D eigenvalue weighted by Crippen LogP contribution is 2.31. The Labute approximate surface area is 152 Å². The summed E-state index contributed by atoms with van der Waals surface area (Å²) < 4.78 is 0. The van der Waals surface area contributed by atoms with E-state index in [1.807, 2.05) is 36.4 Å². The molecule has 2 heterocycles. The lowest BCUT2D eigenvalue weighted by molar-refractivity contribution is -0.123. The number of aliphatic hydroxyl groups is 1. The maximum Gasteiger partial charge on any atom is 0.264 e. The third-order valence-corrected chi connectivity index (χ3v) is 5.41. The number of amides is 2. The Hall–Kier alpha value is -2.76. The van der Waals surface area contributed by atoms with Crippen LogP contribution in [0.1, 0.15) is 25.7 Å². The molecular weight excluding hydrogens is 330 g/mol. The monoisotopic (exact) mass is 353 g/mol. The second kappa shape index (κ2) is 6.86. The molecule has 6 nitrogen and oxygen atoms in total. The highest BCUT2D eigenvalue weighted by atomic mass is 16.3. The van der Waals surface area contributed by atoms with Gasteiger partial charge in [0.1, 0.15) is 11.3 Å². The topological polar surface area (TPSA) is 81.7 Å². The number of allylic oxidation sites excluding steroid dienone is 1. The first-order chi connectivity index (χ1) is 12.6. The third kappa shape index (κ3) is 3.07. The van der Waals surface area contributed by atoms with Crippen LogP contribution in [0.3, 0.4) is 0 Å². The summed E-state index contributed by atoms with van der Waals surface area (Å²) >= 11 is 0. The van der Waals surface area contributed by atoms with Crippen LogP contribution in [0.15, 0.2) is 47.7 Å². The summed E-state index contributed by atoms with van der Waals surface area (Å²) in [6, 6.07) is 7.46. The molecule has 6 heteroatoms. The number of carbonyl (C=O) groups excluding carboxylic acids is 2. The maximum absolute atomic E-state index is 12.6. The Balaban J connectivity index is 1.50. The summed E-state index contributed by atoms with van der Waals surface area (Å²) in [7, 11) is 0. The van der Waals surface area contributed by atoms with Gasteiger partial charge in [0, 0.05) is 36.4 Å². The molecule has 3 N–H and O–H groups in total. The van der Waals surface area contributed by atoms with Gasteiger partial charge in [-0.25, -0.2) is 0 Å². The van der Waals surface area contributed by atoms with E-state index in [9.17, 15) is 14.7 Å². The fourth-order valence-electron chi connectivity index (χ4n) is 3.96. The zero-order valence-electron chi connectivity index (χ0n) is 14.6. The average Bonchev–Trinajstić information content (AvgIpc) is 3.17. The van der Waals surface area contributed by atoms with Gasteiger partial charge in [-0.3, -0.25) is 9.59 Å². The van der Waals surface area contributed by atoms with E-state index in [-0.39, 0.29) is 23.3 Å². The molecule has 3 aliphatic rings. The number of rotatable bonds is 3. The minimum absolute atomic E-state index is 0.103. The number of hydrogen-bond acceptors (Lipinski definition) is 4. The maximum atomic E-state index is 12.6. The van der Waals surface area contributed by atoms with Crippen molar-refractivity contribution in [3.05, 3.63) is 47.7 Å². The van der Waals surface area contributed by atoms with Gasteiger partial charge in [0.25, 0.3) is 11.8 Å². The molecule has 1 aromatic rings. The first-order valence-corrected chi connectivity index (χ1v) is 9.19. The Morgan fingerprint density at radius 3 is 2.54 bits per heavy atom. The van der Waals surface area contributed by atoms with Crippen LogP contribution in [0.4, 0.5) is 11.4 Å². The van der Waals surface area contributed by atoms with E-state index >= 15 is 0 Å². The highest BCUT2D eigenvalue weighted by Gasteiger charge is 2.38. The number of benzene rings is 1. The van der Waals surface area contributed by atoms with Crippen LogP contribution in [0.2, 0.25) is 0 Å². The van der Waals surface area contributed by atoms with E-state index in [4.69, 9.17) is 0 Å². The fourth-order valence-corrected chi connectivity index (χ4v) is 3.96. The standard InChI is InChI=1S/C20H23N3O3/c24-18-15-5-1-2-6-16(15)22-20(26)17(18)19(25)21-13-7-9-14(10-8-13)23-11-3-4-12-23/h1-2,7-10,15-16,24H,3-6,11-12H2,(H,21,25)(H,22,26). The molecule has 4 rings (SSSR count). The zero-order chi connectivity index (χ0) is 18.1. The van der Waals surface area contributed by atoms with Crippen molar-refractivity contribution in [3.63, 3.8) is 0 Å². The fraction of sp³-hybridized carbons (Fsp3) is 0.400.